The van der Waals surface area contributed by atoms with Crippen molar-refractivity contribution in [2.24, 2.45) is 0 Å². The fourth-order valence-corrected chi connectivity index (χ4v) is 2.70. The molecule has 1 atom stereocenters. The van der Waals surface area contributed by atoms with Gasteiger partial charge in [-0.25, -0.2) is 4.39 Å². The second-order valence-corrected chi connectivity index (χ2v) is 6.45. The number of benzene rings is 2. The van der Waals surface area contributed by atoms with Crippen LogP contribution in [0.5, 0.6) is 0 Å². The standard InChI is InChI=1S/C19H20FN5O2/c1-11-4-5-17(18(20)6-11)14-7-15(19(27)21-12(2)10-26)9-16(8-14)25-13(3)22-23-24-25/h4-9,12,26H,10H2,1-3H3,(H,21,27). The molecular formula is C19H20FN5O2. The van der Waals surface area contributed by atoms with E-state index in [2.05, 4.69) is 20.8 Å². The molecule has 7 nitrogen and oxygen atoms in total. The first kappa shape index (κ1) is 18.7. The Kier molecular flexibility index (Phi) is 5.27. The van der Waals surface area contributed by atoms with E-state index in [1.54, 1.807) is 44.2 Å². The van der Waals surface area contributed by atoms with Gasteiger partial charge in [-0.15, -0.1) is 5.10 Å². The van der Waals surface area contributed by atoms with Crippen molar-refractivity contribution in [3.63, 3.8) is 0 Å². The normalized spacial score (nSPS) is 12.0. The maximum atomic E-state index is 14.5. The number of tetrazole rings is 1. The molecule has 1 unspecified atom stereocenters. The first-order valence-corrected chi connectivity index (χ1v) is 8.47. The van der Waals surface area contributed by atoms with E-state index >= 15 is 0 Å². The summed E-state index contributed by atoms with van der Waals surface area (Å²) < 4.78 is 16.0. The highest BCUT2D eigenvalue weighted by Crippen LogP contribution is 2.27. The molecule has 3 rings (SSSR count). The van der Waals surface area contributed by atoms with Gasteiger partial charge in [0.25, 0.3) is 5.91 Å². The smallest absolute Gasteiger partial charge is 0.251 e. The minimum atomic E-state index is -0.407. The quantitative estimate of drug-likeness (QED) is 0.719. The average molecular weight is 369 g/mol. The fourth-order valence-electron chi connectivity index (χ4n) is 2.70. The Morgan fingerprint density at radius 2 is 2.04 bits per heavy atom. The third kappa shape index (κ3) is 4.01. The van der Waals surface area contributed by atoms with Gasteiger partial charge in [-0.3, -0.25) is 4.79 Å². The number of aliphatic hydroxyl groups is 1. The summed E-state index contributed by atoms with van der Waals surface area (Å²) in [6, 6.07) is 9.47. The molecule has 0 aliphatic rings. The molecule has 1 heterocycles. The van der Waals surface area contributed by atoms with Crippen LogP contribution in [0.3, 0.4) is 0 Å². The second kappa shape index (κ2) is 7.63. The lowest BCUT2D eigenvalue weighted by molar-refractivity contribution is 0.0922. The van der Waals surface area contributed by atoms with Crippen LogP contribution in [-0.2, 0) is 0 Å². The predicted octanol–water partition coefficient (Wildman–Crippen LogP) is 2.20. The number of hydrogen-bond donors (Lipinski definition) is 2. The van der Waals surface area contributed by atoms with Crippen molar-refractivity contribution in [2.45, 2.75) is 26.8 Å². The van der Waals surface area contributed by atoms with Crippen LogP contribution < -0.4 is 5.32 Å². The lowest BCUT2D eigenvalue weighted by Gasteiger charge is -2.14. The number of aromatic nitrogens is 4. The zero-order chi connectivity index (χ0) is 19.6. The minimum absolute atomic E-state index is 0.184. The topological polar surface area (TPSA) is 92.9 Å². The van der Waals surface area contributed by atoms with Gasteiger partial charge in [-0.05, 0) is 66.6 Å². The van der Waals surface area contributed by atoms with Gasteiger partial charge in [0.15, 0.2) is 5.82 Å². The van der Waals surface area contributed by atoms with E-state index in [4.69, 9.17) is 0 Å². The monoisotopic (exact) mass is 369 g/mol. The van der Waals surface area contributed by atoms with Gasteiger partial charge in [0.1, 0.15) is 5.82 Å². The van der Waals surface area contributed by atoms with Crippen LogP contribution in [0.15, 0.2) is 36.4 Å². The number of aryl methyl sites for hydroxylation is 2. The first-order chi connectivity index (χ1) is 12.9. The van der Waals surface area contributed by atoms with Crippen LogP contribution >= 0.6 is 0 Å². The number of carbonyl (C=O) groups is 1. The molecule has 1 aromatic heterocycles. The van der Waals surface area contributed by atoms with E-state index in [0.717, 1.165) is 5.56 Å². The van der Waals surface area contributed by atoms with Crippen molar-refractivity contribution < 1.29 is 14.3 Å². The summed E-state index contributed by atoms with van der Waals surface area (Å²) in [7, 11) is 0. The Labute approximate surface area is 155 Å². The maximum Gasteiger partial charge on any atom is 0.251 e. The van der Waals surface area contributed by atoms with Crippen LogP contribution in [0.25, 0.3) is 16.8 Å². The van der Waals surface area contributed by atoms with Gasteiger partial charge < -0.3 is 10.4 Å². The molecule has 0 bridgehead atoms. The summed E-state index contributed by atoms with van der Waals surface area (Å²) in [5.74, 6) is -0.222. The van der Waals surface area contributed by atoms with E-state index in [1.165, 1.54) is 10.7 Å². The van der Waals surface area contributed by atoms with E-state index < -0.39 is 6.04 Å². The summed E-state index contributed by atoms with van der Waals surface area (Å²) in [6.07, 6.45) is 0. The highest BCUT2D eigenvalue weighted by atomic mass is 19.1. The van der Waals surface area contributed by atoms with Gasteiger partial charge in [0.05, 0.1) is 12.3 Å². The number of nitrogens with one attached hydrogen (secondary N) is 1. The van der Waals surface area contributed by atoms with E-state index in [9.17, 15) is 14.3 Å². The van der Waals surface area contributed by atoms with E-state index in [1.807, 2.05) is 6.92 Å². The van der Waals surface area contributed by atoms with Gasteiger partial charge in [-0.1, -0.05) is 12.1 Å². The van der Waals surface area contributed by atoms with Gasteiger partial charge >= 0.3 is 0 Å². The molecule has 0 saturated carbocycles. The third-order valence-corrected chi connectivity index (χ3v) is 4.14. The Morgan fingerprint density at radius 3 is 2.67 bits per heavy atom. The number of halogens is 1. The lowest BCUT2D eigenvalue weighted by Crippen LogP contribution is -2.35. The molecule has 27 heavy (non-hydrogen) atoms. The lowest BCUT2D eigenvalue weighted by atomic mass is 10.00. The summed E-state index contributed by atoms with van der Waals surface area (Å²) in [4.78, 5) is 12.6. The van der Waals surface area contributed by atoms with E-state index in [0.29, 0.717) is 28.2 Å². The van der Waals surface area contributed by atoms with Crippen molar-refractivity contribution in [1.29, 1.82) is 0 Å². The van der Waals surface area contributed by atoms with Crippen molar-refractivity contribution >= 4 is 5.91 Å². The summed E-state index contributed by atoms with van der Waals surface area (Å²) in [5, 5.41) is 23.3. The predicted molar refractivity (Wildman–Crippen MR) is 98.0 cm³/mol. The summed E-state index contributed by atoms with van der Waals surface area (Å²) in [6.45, 7) is 5.04. The molecule has 2 N–H and O–H groups in total. The molecule has 3 aromatic rings. The van der Waals surface area contributed by atoms with Crippen molar-refractivity contribution in [2.75, 3.05) is 6.61 Å². The van der Waals surface area contributed by atoms with Crippen LogP contribution in [0, 0.1) is 19.7 Å². The van der Waals surface area contributed by atoms with Crippen molar-refractivity contribution in [1.82, 2.24) is 25.5 Å². The van der Waals surface area contributed by atoms with Gasteiger partial charge in [-0.2, -0.15) is 4.68 Å². The largest absolute Gasteiger partial charge is 0.394 e. The molecule has 0 fully saturated rings. The molecule has 0 saturated heterocycles. The Morgan fingerprint density at radius 1 is 1.26 bits per heavy atom. The summed E-state index contributed by atoms with van der Waals surface area (Å²) >= 11 is 0. The van der Waals surface area contributed by atoms with Crippen LogP contribution in [-0.4, -0.2) is 43.9 Å². The number of amides is 1. The second-order valence-electron chi connectivity index (χ2n) is 6.45. The van der Waals surface area contributed by atoms with Gasteiger partial charge in [0.2, 0.25) is 0 Å². The Balaban J connectivity index is 2.14. The number of aliphatic hydroxyl groups excluding tert-OH is 1. The number of carbonyl (C=O) groups excluding carboxylic acids is 1. The molecule has 140 valence electrons. The summed E-state index contributed by atoms with van der Waals surface area (Å²) in [5.41, 5.74) is 2.56. The molecule has 1 amide bonds. The zero-order valence-electron chi connectivity index (χ0n) is 15.3. The number of hydrogen-bond acceptors (Lipinski definition) is 5. The average Bonchev–Trinajstić information content (AvgIpc) is 3.07. The minimum Gasteiger partial charge on any atom is -0.394 e. The van der Waals surface area contributed by atoms with E-state index in [-0.39, 0.29) is 18.3 Å². The molecule has 8 heteroatoms. The third-order valence-electron chi connectivity index (χ3n) is 4.14. The number of rotatable bonds is 5. The maximum absolute atomic E-state index is 14.5. The molecule has 0 aliphatic heterocycles. The molecular weight excluding hydrogens is 349 g/mol. The highest BCUT2D eigenvalue weighted by Gasteiger charge is 2.16. The van der Waals surface area contributed by atoms with Crippen molar-refractivity contribution in [3.05, 3.63) is 59.2 Å². The Bertz CT molecular complexity index is 986. The Hall–Kier alpha value is -3.13. The molecule has 0 radical (unpaired) electrons. The first-order valence-electron chi connectivity index (χ1n) is 8.47. The van der Waals surface area contributed by atoms with Gasteiger partial charge in [0, 0.05) is 17.2 Å². The molecule has 0 aliphatic carbocycles. The van der Waals surface area contributed by atoms with Crippen LogP contribution in [0.2, 0.25) is 0 Å². The molecule has 0 spiro atoms. The van der Waals surface area contributed by atoms with Crippen LogP contribution in [0.4, 0.5) is 4.39 Å². The highest BCUT2D eigenvalue weighted by molar-refractivity contribution is 5.96. The fraction of sp³-hybridized carbons (Fsp3) is 0.263. The zero-order valence-corrected chi connectivity index (χ0v) is 15.3. The van der Waals surface area contributed by atoms with Crippen LogP contribution in [0.1, 0.15) is 28.7 Å². The number of nitrogens with zero attached hydrogens (tertiary/aromatic N) is 4. The SMILES string of the molecule is Cc1ccc(-c2cc(C(=O)NC(C)CO)cc(-n3nnnc3C)c2)c(F)c1. The molecule has 2 aromatic carbocycles. The van der Waals surface area contributed by atoms with Crippen molar-refractivity contribution in [3.8, 4) is 16.8 Å².